The standard InChI is InChI=1S/C21H19ClN6O/c1-13-21(26-27-25-13)14-4-6-23-18(8-14)19-11-28(12-24-19)10-15-5-7-29-20-9-16(22)2-3-17(15)20/h2-4,6,8-9,11-12,15H,5,7,10H2,1H3,(H,25,26,27)/t15-/m1/s1. The van der Waals surface area contributed by atoms with Crippen LogP contribution >= 0.6 is 11.6 Å². The molecule has 1 N–H and O–H groups in total. The van der Waals surface area contributed by atoms with Gasteiger partial charge in [-0.05, 0) is 43.2 Å². The number of fused-ring (bicyclic) bond motifs is 1. The number of pyridine rings is 1. The molecule has 1 aromatic carbocycles. The first-order valence-electron chi connectivity index (χ1n) is 9.45. The molecule has 1 aliphatic heterocycles. The first kappa shape index (κ1) is 17.9. The van der Waals surface area contributed by atoms with Crippen LogP contribution in [-0.2, 0) is 6.54 Å². The minimum atomic E-state index is 0.357. The number of imidazole rings is 1. The summed E-state index contributed by atoms with van der Waals surface area (Å²) in [4.78, 5) is 9.06. The molecule has 0 aliphatic carbocycles. The smallest absolute Gasteiger partial charge is 0.124 e. The third-order valence-corrected chi connectivity index (χ3v) is 5.46. The molecule has 5 rings (SSSR count). The topological polar surface area (TPSA) is 81.5 Å². The predicted molar refractivity (Wildman–Crippen MR) is 110 cm³/mol. The maximum Gasteiger partial charge on any atom is 0.124 e. The van der Waals surface area contributed by atoms with Crippen molar-refractivity contribution >= 4 is 11.6 Å². The molecule has 1 aliphatic rings. The fourth-order valence-electron chi connectivity index (χ4n) is 3.75. The molecule has 0 saturated heterocycles. The number of nitrogens with one attached hydrogen (secondary N) is 1. The van der Waals surface area contributed by atoms with Gasteiger partial charge in [0.25, 0.3) is 0 Å². The van der Waals surface area contributed by atoms with Crippen LogP contribution in [0.15, 0.2) is 49.1 Å². The second-order valence-corrected chi connectivity index (χ2v) is 7.60. The fourth-order valence-corrected chi connectivity index (χ4v) is 3.91. The highest BCUT2D eigenvalue weighted by Crippen LogP contribution is 2.36. The number of benzene rings is 1. The number of ether oxygens (including phenoxy) is 1. The lowest BCUT2D eigenvalue weighted by Gasteiger charge is -2.26. The van der Waals surface area contributed by atoms with Gasteiger partial charge in [0.15, 0.2) is 0 Å². The number of aromatic nitrogens is 6. The number of rotatable bonds is 4. The maximum absolute atomic E-state index is 6.10. The maximum atomic E-state index is 6.10. The van der Waals surface area contributed by atoms with Gasteiger partial charge in [0, 0.05) is 35.4 Å². The Morgan fingerprint density at radius 1 is 1.17 bits per heavy atom. The van der Waals surface area contributed by atoms with Crippen molar-refractivity contribution in [3.63, 3.8) is 0 Å². The average Bonchev–Trinajstić information content (AvgIpc) is 3.37. The van der Waals surface area contributed by atoms with Gasteiger partial charge in [0.1, 0.15) is 17.1 Å². The third-order valence-electron chi connectivity index (χ3n) is 5.22. The van der Waals surface area contributed by atoms with Crippen LogP contribution in [0.2, 0.25) is 5.02 Å². The van der Waals surface area contributed by atoms with Crippen LogP contribution in [0.25, 0.3) is 22.6 Å². The van der Waals surface area contributed by atoms with Crippen LogP contribution in [-0.4, -0.2) is 36.6 Å². The zero-order chi connectivity index (χ0) is 19.8. The summed E-state index contributed by atoms with van der Waals surface area (Å²) in [5.74, 6) is 1.24. The molecule has 0 bridgehead atoms. The number of aryl methyl sites for hydroxylation is 1. The van der Waals surface area contributed by atoms with Gasteiger partial charge < -0.3 is 9.30 Å². The van der Waals surface area contributed by atoms with Crippen molar-refractivity contribution in [1.29, 1.82) is 0 Å². The molecule has 0 radical (unpaired) electrons. The molecule has 7 nitrogen and oxygen atoms in total. The van der Waals surface area contributed by atoms with Crippen molar-refractivity contribution < 1.29 is 4.74 Å². The molecule has 146 valence electrons. The Labute approximate surface area is 172 Å². The van der Waals surface area contributed by atoms with E-state index in [4.69, 9.17) is 16.3 Å². The lowest BCUT2D eigenvalue weighted by atomic mass is 9.93. The molecule has 3 aromatic heterocycles. The number of aromatic amines is 1. The number of halogens is 1. The lowest BCUT2D eigenvalue weighted by molar-refractivity contribution is 0.259. The first-order valence-corrected chi connectivity index (χ1v) is 9.83. The zero-order valence-electron chi connectivity index (χ0n) is 15.8. The molecule has 29 heavy (non-hydrogen) atoms. The molecule has 1 atom stereocenters. The van der Waals surface area contributed by atoms with E-state index in [-0.39, 0.29) is 0 Å². The molecule has 4 aromatic rings. The summed E-state index contributed by atoms with van der Waals surface area (Å²) >= 11 is 6.10. The van der Waals surface area contributed by atoms with Crippen LogP contribution < -0.4 is 4.74 Å². The number of H-pyrrole nitrogens is 1. The summed E-state index contributed by atoms with van der Waals surface area (Å²) in [6.07, 6.45) is 6.63. The molecule has 0 spiro atoms. The van der Waals surface area contributed by atoms with E-state index < -0.39 is 0 Å². The van der Waals surface area contributed by atoms with E-state index in [1.807, 2.05) is 43.7 Å². The number of hydrogen-bond acceptors (Lipinski definition) is 5. The van der Waals surface area contributed by atoms with Crippen molar-refractivity contribution in [2.24, 2.45) is 0 Å². The van der Waals surface area contributed by atoms with Crippen LogP contribution in [0, 0.1) is 6.92 Å². The summed E-state index contributed by atoms with van der Waals surface area (Å²) in [6, 6.07) is 9.79. The molecule has 0 saturated carbocycles. The van der Waals surface area contributed by atoms with Crippen molar-refractivity contribution in [1.82, 2.24) is 29.9 Å². The van der Waals surface area contributed by atoms with Crippen molar-refractivity contribution in [3.05, 3.63) is 65.3 Å². The van der Waals surface area contributed by atoms with E-state index >= 15 is 0 Å². The van der Waals surface area contributed by atoms with Crippen LogP contribution in [0.3, 0.4) is 0 Å². The summed E-state index contributed by atoms with van der Waals surface area (Å²) in [6.45, 7) is 3.44. The Bertz CT molecular complexity index is 1170. The minimum absolute atomic E-state index is 0.357. The van der Waals surface area contributed by atoms with E-state index in [9.17, 15) is 0 Å². The number of nitrogens with zero attached hydrogens (tertiary/aromatic N) is 5. The van der Waals surface area contributed by atoms with Crippen molar-refractivity contribution in [2.45, 2.75) is 25.8 Å². The summed E-state index contributed by atoms with van der Waals surface area (Å²) in [5.41, 5.74) is 5.47. The summed E-state index contributed by atoms with van der Waals surface area (Å²) in [5, 5.41) is 11.7. The van der Waals surface area contributed by atoms with Crippen LogP contribution in [0.4, 0.5) is 0 Å². The molecule has 0 unspecified atom stereocenters. The van der Waals surface area contributed by atoms with E-state index in [0.29, 0.717) is 17.5 Å². The summed E-state index contributed by atoms with van der Waals surface area (Å²) < 4.78 is 7.88. The minimum Gasteiger partial charge on any atom is -0.493 e. The van der Waals surface area contributed by atoms with Gasteiger partial charge in [-0.2, -0.15) is 15.4 Å². The van der Waals surface area contributed by atoms with Gasteiger partial charge in [-0.15, -0.1) is 0 Å². The van der Waals surface area contributed by atoms with Crippen molar-refractivity contribution in [2.75, 3.05) is 6.61 Å². The van der Waals surface area contributed by atoms with Gasteiger partial charge in [0.2, 0.25) is 0 Å². The van der Waals surface area contributed by atoms with Gasteiger partial charge in [0.05, 0.1) is 24.3 Å². The van der Waals surface area contributed by atoms with E-state index in [0.717, 1.165) is 47.1 Å². The Morgan fingerprint density at radius 2 is 2.10 bits per heavy atom. The normalized spacial score (nSPS) is 15.7. The van der Waals surface area contributed by atoms with E-state index in [2.05, 4.69) is 36.0 Å². The van der Waals surface area contributed by atoms with Gasteiger partial charge >= 0.3 is 0 Å². The second-order valence-electron chi connectivity index (χ2n) is 7.16. The zero-order valence-corrected chi connectivity index (χ0v) is 16.6. The lowest BCUT2D eigenvalue weighted by Crippen LogP contribution is -2.18. The Kier molecular flexibility index (Phi) is 4.52. The van der Waals surface area contributed by atoms with E-state index in [1.165, 1.54) is 5.56 Å². The van der Waals surface area contributed by atoms with Gasteiger partial charge in [-0.3, -0.25) is 4.98 Å². The summed E-state index contributed by atoms with van der Waals surface area (Å²) in [7, 11) is 0. The predicted octanol–water partition coefficient (Wildman–Crippen LogP) is 4.26. The monoisotopic (exact) mass is 406 g/mol. The second kappa shape index (κ2) is 7.33. The Morgan fingerprint density at radius 3 is 2.97 bits per heavy atom. The molecular weight excluding hydrogens is 388 g/mol. The third kappa shape index (κ3) is 3.49. The number of hydrogen-bond donors (Lipinski definition) is 1. The highest BCUT2D eigenvalue weighted by atomic mass is 35.5. The average molecular weight is 407 g/mol. The Hall–Kier alpha value is -3.19. The van der Waals surface area contributed by atoms with Gasteiger partial charge in [-0.25, -0.2) is 4.98 Å². The fraction of sp³-hybridized carbons (Fsp3) is 0.238. The van der Waals surface area contributed by atoms with Crippen LogP contribution in [0.5, 0.6) is 5.75 Å². The molecule has 4 heterocycles. The quantitative estimate of drug-likeness (QED) is 0.547. The van der Waals surface area contributed by atoms with Gasteiger partial charge in [-0.1, -0.05) is 17.7 Å². The van der Waals surface area contributed by atoms with Crippen molar-refractivity contribution in [3.8, 4) is 28.4 Å². The van der Waals surface area contributed by atoms with E-state index in [1.54, 1.807) is 6.20 Å². The molecular formula is C21H19ClN6O. The van der Waals surface area contributed by atoms with Crippen LogP contribution in [0.1, 0.15) is 23.6 Å². The SMILES string of the molecule is Cc1n[nH]nc1-c1ccnc(-c2cn(C[C@H]3CCOc4cc(Cl)ccc43)cn2)c1. The highest BCUT2D eigenvalue weighted by Gasteiger charge is 2.22. The first-order chi connectivity index (χ1) is 14.2. The Balaban J connectivity index is 1.39. The largest absolute Gasteiger partial charge is 0.493 e. The molecule has 0 fully saturated rings. The highest BCUT2D eigenvalue weighted by molar-refractivity contribution is 6.30. The molecule has 8 heteroatoms. The molecule has 0 amide bonds.